The lowest BCUT2D eigenvalue weighted by molar-refractivity contribution is 0.0630. The zero-order chi connectivity index (χ0) is 13.8. The van der Waals surface area contributed by atoms with E-state index in [-0.39, 0.29) is 0 Å². The van der Waals surface area contributed by atoms with Crippen molar-refractivity contribution >= 4 is 11.3 Å². The lowest BCUT2D eigenvalue weighted by atomic mass is 9.85. The lowest BCUT2D eigenvalue weighted by Gasteiger charge is -2.27. The molecule has 0 aromatic carbocycles. The second kappa shape index (κ2) is 6.98. The Morgan fingerprint density at radius 3 is 3.05 bits per heavy atom. The number of nitrogens with zero attached hydrogens (tertiary/aromatic N) is 2. The Morgan fingerprint density at radius 2 is 2.25 bits per heavy atom. The van der Waals surface area contributed by atoms with Crippen LogP contribution in [0.4, 0.5) is 0 Å². The van der Waals surface area contributed by atoms with Gasteiger partial charge in [-0.1, -0.05) is 6.42 Å². The monoisotopic (exact) mass is 295 g/mol. The van der Waals surface area contributed by atoms with E-state index in [0.29, 0.717) is 12.0 Å². The van der Waals surface area contributed by atoms with Crippen LogP contribution < -0.4 is 5.32 Å². The van der Waals surface area contributed by atoms with E-state index in [1.165, 1.54) is 30.0 Å². The van der Waals surface area contributed by atoms with E-state index in [2.05, 4.69) is 15.6 Å². The molecule has 1 saturated heterocycles. The van der Waals surface area contributed by atoms with E-state index in [9.17, 15) is 0 Å². The van der Waals surface area contributed by atoms with Gasteiger partial charge < -0.3 is 10.1 Å². The molecule has 20 heavy (non-hydrogen) atoms. The number of rotatable bonds is 4. The van der Waals surface area contributed by atoms with Crippen LogP contribution in [0.25, 0.3) is 0 Å². The first-order valence-electron chi connectivity index (χ1n) is 7.75. The zero-order valence-corrected chi connectivity index (χ0v) is 13.1. The van der Waals surface area contributed by atoms with Crippen molar-refractivity contribution in [1.29, 1.82) is 0 Å². The fourth-order valence-electron chi connectivity index (χ4n) is 3.27. The molecule has 5 heteroatoms. The molecule has 1 aliphatic heterocycles. The Bertz CT molecular complexity index is 417. The molecule has 4 nitrogen and oxygen atoms in total. The van der Waals surface area contributed by atoms with Crippen LogP contribution in [-0.2, 0) is 11.3 Å². The second-order valence-electron chi connectivity index (χ2n) is 5.91. The topological polar surface area (TPSA) is 37.4 Å². The van der Waals surface area contributed by atoms with Gasteiger partial charge in [-0.15, -0.1) is 11.3 Å². The second-order valence-corrected chi connectivity index (χ2v) is 6.86. The molecule has 1 saturated carbocycles. The molecular formula is C15H25N3OS. The Kier molecular flexibility index (Phi) is 5.04. The van der Waals surface area contributed by atoms with Gasteiger partial charge in [0.2, 0.25) is 0 Å². The maximum absolute atomic E-state index is 5.53. The highest BCUT2D eigenvalue weighted by atomic mass is 32.1. The molecule has 2 atom stereocenters. The first-order valence-corrected chi connectivity index (χ1v) is 8.63. The SMILES string of the molecule is COC1CCCC(c2csc(CN3CCNCC3)n2)C1. The first-order chi connectivity index (χ1) is 9.85. The number of nitrogens with one attached hydrogen (secondary N) is 1. The van der Waals surface area contributed by atoms with Crippen LogP contribution in [0, 0.1) is 0 Å². The fraction of sp³-hybridized carbons (Fsp3) is 0.800. The molecule has 2 heterocycles. The quantitative estimate of drug-likeness (QED) is 0.924. The van der Waals surface area contributed by atoms with Gasteiger partial charge in [0.25, 0.3) is 0 Å². The minimum atomic E-state index is 0.437. The summed E-state index contributed by atoms with van der Waals surface area (Å²) in [6.45, 7) is 5.52. The summed E-state index contributed by atoms with van der Waals surface area (Å²) in [6.07, 6.45) is 5.34. The predicted molar refractivity (Wildman–Crippen MR) is 82.3 cm³/mol. The van der Waals surface area contributed by atoms with Crippen LogP contribution in [0.1, 0.15) is 42.3 Å². The smallest absolute Gasteiger partial charge is 0.107 e. The van der Waals surface area contributed by atoms with Gasteiger partial charge in [0.05, 0.1) is 18.3 Å². The van der Waals surface area contributed by atoms with E-state index in [0.717, 1.165) is 39.1 Å². The van der Waals surface area contributed by atoms with Crippen LogP contribution in [-0.4, -0.2) is 49.3 Å². The summed E-state index contributed by atoms with van der Waals surface area (Å²) in [4.78, 5) is 7.40. The van der Waals surface area contributed by atoms with Crippen LogP contribution in [0.2, 0.25) is 0 Å². The number of methoxy groups -OCH3 is 1. The third-order valence-electron chi connectivity index (χ3n) is 4.52. The molecule has 112 valence electrons. The summed E-state index contributed by atoms with van der Waals surface area (Å²) in [5, 5.41) is 6.95. The van der Waals surface area contributed by atoms with Gasteiger partial charge in [0, 0.05) is 44.6 Å². The fourth-order valence-corrected chi connectivity index (χ4v) is 4.19. The highest BCUT2D eigenvalue weighted by molar-refractivity contribution is 7.09. The Hall–Kier alpha value is -0.490. The van der Waals surface area contributed by atoms with Crippen molar-refractivity contribution in [2.75, 3.05) is 33.3 Å². The molecule has 0 spiro atoms. The number of piperazine rings is 1. The van der Waals surface area contributed by atoms with Crippen LogP contribution in [0.5, 0.6) is 0 Å². The van der Waals surface area contributed by atoms with Crippen molar-refractivity contribution in [1.82, 2.24) is 15.2 Å². The van der Waals surface area contributed by atoms with E-state index in [1.54, 1.807) is 0 Å². The highest BCUT2D eigenvalue weighted by Gasteiger charge is 2.25. The maximum atomic E-state index is 5.53. The molecule has 2 aliphatic rings. The van der Waals surface area contributed by atoms with Gasteiger partial charge in [-0.05, 0) is 19.3 Å². The average Bonchev–Trinajstić information content (AvgIpc) is 2.97. The van der Waals surface area contributed by atoms with Crippen molar-refractivity contribution < 1.29 is 4.74 Å². The van der Waals surface area contributed by atoms with E-state index in [4.69, 9.17) is 9.72 Å². The summed E-state index contributed by atoms with van der Waals surface area (Å²) in [5.41, 5.74) is 1.31. The molecule has 2 unspecified atom stereocenters. The number of ether oxygens (including phenoxy) is 1. The van der Waals surface area contributed by atoms with E-state index < -0.39 is 0 Å². The normalized spacial score (nSPS) is 28.6. The van der Waals surface area contributed by atoms with Crippen LogP contribution in [0.3, 0.4) is 0 Å². The lowest BCUT2D eigenvalue weighted by Crippen LogP contribution is -2.42. The van der Waals surface area contributed by atoms with Crippen LogP contribution in [0.15, 0.2) is 5.38 Å². The predicted octanol–water partition coefficient (Wildman–Crippen LogP) is 2.22. The Morgan fingerprint density at radius 1 is 1.40 bits per heavy atom. The summed E-state index contributed by atoms with van der Waals surface area (Å²) < 4.78 is 5.53. The Balaban J connectivity index is 1.58. The van der Waals surface area contributed by atoms with Gasteiger partial charge in [0.1, 0.15) is 5.01 Å². The average molecular weight is 295 g/mol. The van der Waals surface area contributed by atoms with Gasteiger partial charge in [-0.3, -0.25) is 4.90 Å². The summed E-state index contributed by atoms with van der Waals surface area (Å²) in [6, 6.07) is 0. The minimum Gasteiger partial charge on any atom is -0.381 e. The number of hydrogen-bond donors (Lipinski definition) is 1. The molecule has 1 aromatic heterocycles. The largest absolute Gasteiger partial charge is 0.381 e. The summed E-state index contributed by atoms with van der Waals surface area (Å²) >= 11 is 1.83. The van der Waals surface area contributed by atoms with Gasteiger partial charge in [-0.2, -0.15) is 0 Å². The van der Waals surface area contributed by atoms with Crippen molar-refractivity contribution in [3.8, 4) is 0 Å². The molecule has 0 radical (unpaired) electrons. The van der Waals surface area contributed by atoms with Crippen LogP contribution >= 0.6 is 11.3 Å². The van der Waals surface area contributed by atoms with E-state index >= 15 is 0 Å². The molecule has 1 aliphatic carbocycles. The highest BCUT2D eigenvalue weighted by Crippen LogP contribution is 2.34. The summed E-state index contributed by atoms with van der Waals surface area (Å²) in [5.74, 6) is 0.613. The molecule has 0 bridgehead atoms. The van der Waals surface area contributed by atoms with Crippen molar-refractivity contribution in [3.05, 3.63) is 16.1 Å². The number of hydrogen-bond acceptors (Lipinski definition) is 5. The number of thiazole rings is 1. The van der Waals surface area contributed by atoms with Gasteiger partial charge in [-0.25, -0.2) is 4.98 Å². The number of aromatic nitrogens is 1. The van der Waals surface area contributed by atoms with E-state index in [1.807, 2.05) is 18.4 Å². The molecule has 1 aromatic rings. The molecule has 0 amide bonds. The molecule has 1 N–H and O–H groups in total. The standard InChI is InChI=1S/C15H25N3OS/c1-19-13-4-2-3-12(9-13)14-11-20-15(17-14)10-18-7-5-16-6-8-18/h11-13,16H,2-10H2,1H3. The maximum Gasteiger partial charge on any atom is 0.107 e. The van der Waals surface area contributed by atoms with Crippen molar-refractivity contribution in [2.24, 2.45) is 0 Å². The Labute approximate surface area is 125 Å². The first kappa shape index (κ1) is 14.4. The molecular weight excluding hydrogens is 270 g/mol. The van der Waals surface area contributed by atoms with Crippen molar-refractivity contribution in [3.63, 3.8) is 0 Å². The van der Waals surface area contributed by atoms with Crippen molar-refractivity contribution in [2.45, 2.75) is 44.2 Å². The third-order valence-corrected chi connectivity index (χ3v) is 5.37. The molecule has 2 fully saturated rings. The zero-order valence-electron chi connectivity index (χ0n) is 12.3. The van der Waals surface area contributed by atoms with Gasteiger partial charge in [0.15, 0.2) is 0 Å². The molecule has 3 rings (SSSR count). The summed E-state index contributed by atoms with van der Waals surface area (Å²) in [7, 11) is 1.84. The van der Waals surface area contributed by atoms with Gasteiger partial charge >= 0.3 is 0 Å². The minimum absolute atomic E-state index is 0.437. The third kappa shape index (κ3) is 3.58.